The van der Waals surface area contributed by atoms with Gasteiger partial charge in [0.1, 0.15) is 0 Å². The van der Waals surface area contributed by atoms with Crippen LogP contribution in [-0.4, -0.2) is 10.8 Å². The van der Waals surface area contributed by atoms with E-state index in [1.54, 1.807) is 13.0 Å². The summed E-state index contributed by atoms with van der Waals surface area (Å²) >= 11 is 0. The largest absolute Gasteiger partial charge is 0.345 e. The molecule has 126 valence electrons. The summed E-state index contributed by atoms with van der Waals surface area (Å²) in [6, 6.07) is 14.2. The van der Waals surface area contributed by atoms with Crippen LogP contribution in [-0.2, 0) is 0 Å². The third-order valence-corrected chi connectivity index (χ3v) is 3.87. The Morgan fingerprint density at radius 3 is 2.38 bits per heavy atom. The Morgan fingerprint density at radius 1 is 1.17 bits per heavy atom. The first-order chi connectivity index (χ1) is 11.4. The van der Waals surface area contributed by atoms with Gasteiger partial charge in [-0.3, -0.25) is 14.9 Å². The Balaban J connectivity index is 2.21. The molecule has 2 aromatic rings. The molecule has 0 radical (unpaired) electrons. The summed E-state index contributed by atoms with van der Waals surface area (Å²) in [5.41, 5.74) is 1.99. The van der Waals surface area contributed by atoms with Gasteiger partial charge in [-0.2, -0.15) is 0 Å². The molecular weight excluding hydrogens is 304 g/mol. The molecule has 1 atom stereocenters. The van der Waals surface area contributed by atoms with Crippen molar-refractivity contribution in [2.75, 3.05) is 0 Å². The van der Waals surface area contributed by atoms with Crippen LogP contribution in [0.5, 0.6) is 0 Å². The average molecular weight is 326 g/mol. The summed E-state index contributed by atoms with van der Waals surface area (Å²) < 4.78 is 0. The van der Waals surface area contributed by atoms with E-state index in [1.165, 1.54) is 12.1 Å². The number of nitro groups is 1. The number of nitro benzene ring substituents is 1. The predicted octanol–water partition coefficient (Wildman–Crippen LogP) is 4.42. The lowest BCUT2D eigenvalue weighted by Crippen LogP contribution is -2.29. The van der Waals surface area contributed by atoms with Crippen molar-refractivity contribution in [2.24, 2.45) is 5.92 Å². The van der Waals surface area contributed by atoms with Gasteiger partial charge in [0, 0.05) is 17.2 Å². The fraction of sp³-hybridized carbons (Fsp3) is 0.316. The van der Waals surface area contributed by atoms with Gasteiger partial charge in [0.2, 0.25) is 0 Å². The number of rotatable bonds is 6. The highest BCUT2D eigenvalue weighted by Crippen LogP contribution is 2.23. The Hall–Kier alpha value is -2.69. The zero-order valence-corrected chi connectivity index (χ0v) is 14.2. The maximum atomic E-state index is 12.6. The van der Waals surface area contributed by atoms with E-state index in [2.05, 4.69) is 19.2 Å². The molecule has 5 heteroatoms. The van der Waals surface area contributed by atoms with Crippen LogP contribution in [0.3, 0.4) is 0 Å². The maximum absolute atomic E-state index is 12.6. The van der Waals surface area contributed by atoms with E-state index in [9.17, 15) is 14.9 Å². The molecule has 0 aliphatic heterocycles. The number of amides is 1. The van der Waals surface area contributed by atoms with E-state index in [-0.39, 0.29) is 17.6 Å². The van der Waals surface area contributed by atoms with Crippen LogP contribution in [0.2, 0.25) is 0 Å². The molecule has 0 bridgehead atoms. The number of carbonyl (C=O) groups excluding carboxylic acids is 1. The number of hydrogen-bond donors (Lipinski definition) is 1. The lowest BCUT2D eigenvalue weighted by molar-refractivity contribution is -0.385. The Bertz CT molecular complexity index is 727. The van der Waals surface area contributed by atoms with Crippen molar-refractivity contribution in [1.29, 1.82) is 0 Å². The third-order valence-electron chi connectivity index (χ3n) is 3.87. The molecule has 0 aromatic heterocycles. The molecule has 1 amide bonds. The number of aryl methyl sites for hydroxylation is 1. The number of hydrogen-bond acceptors (Lipinski definition) is 3. The second kappa shape index (κ2) is 7.73. The van der Waals surface area contributed by atoms with Crippen molar-refractivity contribution in [2.45, 2.75) is 33.2 Å². The molecule has 0 aliphatic carbocycles. The molecule has 0 saturated carbocycles. The fourth-order valence-corrected chi connectivity index (χ4v) is 2.68. The van der Waals surface area contributed by atoms with Crippen LogP contribution in [0.1, 0.15) is 47.8 Å². The van der Waals surface area contributed by atoms with Crippen molar-refractivity contribution >= 4 is 11.6 Å². The smallest absolute Gasteiger partial charge is 0.272 e. The summed E-state index contributed by atoms with van der Waals surface area (Å²) in [6.45, 7) is 5.86. The minimum absolute atomic E-state index is 0.0216. The zero-order chi connectivity index (χ0) is 17.7. The lowest BCUT2D eigenvalue weighted by atomic mass is 9.96. The lowest BCUT2D eigenvalue weighted by Gasteiger charge is -2.21. The summed E-state index contributed by atoms with van der Waals surface area (Å²) in [6.07, 6.45) is 0.821. The summed E-state index contributed by atoms with van der Waals surface area (Å²) in [4.78, 5) is 23.0. The normalized spacial score (nSPS) is 12.0. The summed E-state index contributed by atoms with van der Waals surface area (Å²) in [7, 11) is 0. The van der Waals surface area contributed by atoms with E-state index in [4.69, 9.17) is 0 Å². The van der Waals surface area contributed by atoms with Crippen molar-refractivity contribution in [3.8, 4) is 0 Å². The molecule has 5 nitrogen and oxygen atoms in total. The van der Waals surface area contributed by atoms with Gasteiger partial charge in [-0.1, -0.05) is 44.2 Å². The number of nitrogens with zero attached hydrogens (tertiary/aromatic N) is 1. The molecule has 1 N–H and O–H groups in total. The Morgan fingerprint density at radius 2 is 1.83 bits per heavy atom. The first-order valence-electron chi connectivity index (χ1n) is 7.99. The highest BCUT2D eigenvalue weighted by atomic mass is 16.6. The highest BCUT2D eigenvalue weighted by Gasteiger charge is 2.19. The van der Waals surface area contributed by atoms with Gasteiger partial charge in [0.15, 0.2) is 0 Å². The first kappa shape index (κ1) is 17.7. The van der Waals surface area contributed by atoms with Gasteiger partial charge in [0.25, 0.3) is 11.6 Å². The van der Waals surface area contributed by atoms with E-state index >= 15 is 0 Å². The monoisotopic (exact) mass is 326 g/mol. The molecular formula is C19H22N2O3. The minimum Gasteiger partial charge on any atom is -0.345 e. The van der Waals surface area contributed by atoms with Crippen molar-refractivity contribution < 1.29 is 9.72 Å². The first-order valence-corrected chi connectivity index (χ1v) is 7.99. The van der Waals surface area contributed by atoms with Crippen LogP contribution in [0.25, 0.3) is 0 Å². The van der Waals surface area contributed by atoms with Crippen LogP contribution in [0.4, 0.5) is 5.69 Å². The number of benzene rings is 2. The van der Waals surface area contributed by atoms with E-state index in [0.717, 1.165) is 12.0 Å². The van der Waals surface area contributed by atoms with Crippen LogP contribution in [0.15, 0.2) is 48.5 Å². The molecule has 24 heavy (non-hydrogen) atoms. The van der Waals surface area contributed by atoms with Gasteiger partial charge < -0.3 is 5.32 Å². The van der Waals surface area contributed by atoms with Gasteiger partial charge in [-0.05, 0) is 37.0 Å². The van der Waals surface area contributed by atoms with E-state index in [0.29, 0.717) is 17.0 Å². The van der Waals surface area contributed by atoms with Gasteiger partial charge in [-0.15, -0.1) is 0 Å². The highest BCUT2D eigenvalue weighted by molar-refractivity contribution is 5.95. The molecule has 0 saturated heterocycles. The average Bonchev–Trinajstić information content (AvgIpc) is 2.54. The van der Waals surface area contributed by atoms with Gasteiger partial charge in [-0.25, -0.2) is 0 Å². The van der Waals surface area contributed by atoms with Crippen molar-refractivity contribution in [3.63, 3.8) is 0 Å². The van der Waals surface area contributed by atoms with E-state index in [1.807, 2.05) is 30.3 Å². The molecule has 0 unspecified atom stereocenters. The van der Waals surface area contributed by atoms with Crippen LogP contribution < -0.4 is 5.32 Å². The van der Waals surface area contributed by atoms with Crippen LogP contribution >= 0.6 is 0 Å². The molecule has 2 aromatic carbocycles. The molecule has 0 heterocycles. The van der Waals surface area contributed by atoms with E-state index < -0.39 is 4.92 Å². The van der Waals surface area contributed by atoms with Crippen LogP contribution in [0, 0.1) is 23.0 Å². The Kier molecular flexibility index (Phi) is 5.68. The second-order valence-corrected chi connectivity index (χ2v) is 6.32. The second-order valence-electron chi connectivity index (χ2n) is 6.32. The zero-order valence-electron chi connectivity index (χ0n) is 14.2. The molecule has 2 rings (SSSR count). The number of carbonyl (C=O) groups is 1. The van der Waals surface area contributed by atoms with Gasteiger partial charge >= 0.3 is 0 Å². The maximum Gasteiger partial charge on any atom is 0.272 e. The SMILES string of the molecule is Cc1cc(C(=O)N[C@H](CC(C)C)c2ccccc2)ccc1[N+](=O)[O-]. The molecule has 0 aliphatic rings. The molecule has 0 fully saturated rings. The summed E-state index contributed by atoms with van der Waals surface area (Å²) in [5, 5.41) is 13.9. The van der Waals surface area contributed by atoms with Crippen molar-refractivity contribution in [1.82, 2.24) is 5.32 Å². The minimum atomic E-state index is -0.442. The van der Waals surface area contributed by atoms with Gasteiger partial charge in [0.05, 0.1) is 11.0 Å². The van der Waals surface area contributed by atoms with Crippen molar-refractivity contribution in [3.05, 3.63) is 75.3 Å². The predicted molar refractivity (Wildman–Crippen MR) is 93.9 cm³/mol. The standard InChI is InChI=1S/C19H22N2O3/c1-13(2)11-17(15-7-5-4-6-8-15)20-19(22)16-9-10-18(21(23)24)14(3)12-16/h4-10,12-13,17H,11H2,1-3H3,(H,20,22)/t17-/m1/s1. The number of nitrogens with one attached hydrogen (secondary N) is 1. The third kappa shape index (κ3) is 4.41. The summed E-state index contributed by atoms with van der Waals surface area (Å²) in [5.74, 6) is 0.205. The quantitative estimate of drug-likeness (QED) is 0.631. The Labute approximate surface area is 141 Å². The fourth-order valence-electron chi connectivity index (χ4n) is 2.68. The topological polar surface area (TPSA) is 72.2 Å². The molecule has 0 spiro atoms.